The van der Waals surface area contributed by atoms with Crippen LogP contribution in [-0.2, 0) is 19.3 Å². The summed E-state index contributed by atoms with van der Waals surface area (Å²) in [6.07, 6.45) is 8.71. The zero-order chi connectivity index (χ0) is 11.1. The van der Waals surface area contributed by atoms with Crippen molar-refractivity contribution < 1.29 is 0 Å². The van der Waals surface area contributed by atoms with Crippen LogP contribution in [0.5, 0.6) is 0 Å². The van der Waals surface area contributed by atoms with Crippen LogP contribution in [0.4, 0.5) is 0 Å². The fourth-order valence-corrected chi connectivity index (χ4v) is 1.76. The molecule has 0 aliphatic rings. The Balaban J connectivity index is 2.87. The number of hydrogen-bond acceptors (Lipinski definition) is 2. The van der Waals surface area contributed by atoms with Crippen LogP contribution in [0.2, 0.25) is 0 Å². The van der Waals surface area contributed by atoms with Gasteiger partial charge in [0, 0.05) is 18.3 Å². The average molecular weight is 206 g/mol. The van der Waals surface area contributed by atoms with Gasteiger partial charge < -0.3 is 0 Å². The predicted molar refractivity (Wildman–Crippen MR) is 64.0 cm³/mol. The van der Waals surface area contributed by atoms with Crippen molar-refractivity contribution in [3.05, 3.63) is 23.3 Å². The number of aromatic nitrogens is 2. The monoisotopic (exact) mass is 206 g/mol. The Morgan fingerprint density at radius 1 is 0.933 bits per heavy atom. The second-order valence-electron chi connectivity index (χ2n) is 4.01. The average Bonchev–Trinajstić information content (AvgIpc) is 2.23. The van der Waals surface area contributed by atoms with Gasteiger partial charge in [-0.25, -0.2) is 9.97 Å². The molecule has 0 spiro atoms. The van der Waals surface area contributed by atoms with Crippen molar-refractivity contribution in [2.24, 2.45) is 0 Å². The third kappa shape index (κ3) is 3.61. The van der Waals surface area contributed by atoms with Crippen LogP contribution in [0.25, 0.3) is 0 Å². The van der Waals surface area contributed by atoms with Crippen LogP contribution in [0.1, 0.15) is 57.1 Å². The van der Waals surface area contributed by atoms with Crippen molar-refractivity contribution in [1.82, 2.24) is 9.97 Å². The summed E-state index contributed by atoms with van der Waals surface area (Å²) >= 11 is 0. The molecule has 1 aromatic rings. The van der Waals surface area contributed by atoms with E-state index in [4.69, 9.17) is 0 Å². The van der Waals surface area contributed by atoms with E-state index in [1.165, 1.54) is 24.1 Å². The molecule has 0 radical (unpaired) electrons. The van der Waals surface area contributed by atoms with Crippen molar-refractivity contribution in [3.8, 4) is 0 Å². The summed E-state index contributed by atoms with van der Waals surface area (Å²) in [4.78, 5) is 9.08. The van der Waals surface area contributed by atoms with E-state index >= 15 is 0 Å². The Hall–Kier alpha value is -0.920. The van der Waals surface area contributed by atoms with Crippen LogP contribution in [-0.4, -0.2) is 9.97 Å². The molecular formula is C13H22N2. The first-order valence-electron chi connectivity index (χ1n) is 6.15. The van der Waals surface area contributed by atoms with Gasteiger partial charge in [0.25, 0.3) is 0 Å². The van der Waals surface area contributed by atoms with E-state index in [-0.39, 0.29) is 0 Å². The van der Waals surface area contributed by atoms with Gasteiger partial charge >= 0.3 is 0 Å². The summed E-state index contributed by atoms with van der Waals surface area (Å²) in [5.41, 5.74) is 2.62. The lowest BCUT2D eigenvalue weighted by atomic mass is 10.1. The first kappa shape index (κ1) is 12.2. The van der Waals surface area contributed by atoms with Crippen molar-refractivity contribution in [1.29, 1.82) is 0 Å². The van der Waals surface area contributed by atoms with E-state index in [2.05, 4.69) is 30.7 Å². The first-order chi connectivity index (χ1) is 7.31. The van der Waals surface area contributed by atoms with E-state index in [9.17, 15) is 0 Å². The molecule has 0 saturated heterocycles. The van der Waals surface area contributed by atoms with Crippen LogP contribution < -0.4 is 0 Å². The Kier molecular flexibility index (Phi) is 5.30. The lowest BCUT2D eigenvalue weighted by molar-refractivity contribution is 0.763. The maximum Gasteiger partial charge on any atom is 0.128 e. The van der Waals surface area contributed by atoms with Gasteiger partial charge in [-0.1, -0.05) is 33.6 Å². The highest BCUT2D eigenvalue weighted by molar-refractivity contribution is 5.18. The molecule has 0 aromatic carbocycles. The minimum atomic E-state index is 1.00. The van der Waals surface area contributed by atoms with Crippen molar-refractivity contribution in [2.45, 2.75) is 59.3 Å². The van der Waals surface area contributed by atoms with E-state index in [0.29, 0.717) is 0 Å². The van der Waals surface area contributed by atoms with Gasteiger partial charge in [0.05, 0.1) is 0 Å². The van der Waals surface area contributed by atoms with Crippen molar-refractivity contribution in [3.63, 3.8) is 0 Å². The molecule has 2 nitrogen and oxygen atoms in total. The first-order valence-corrected chi connectivity index (χ1v) is 6.15. The molecule has 0 unspecified atom stereocenters. The molecule has 0 amide bonds. The molecule has 0 saturated carbocycles. The standard InChI is InChI=1S/C13H22N2/c1-4-7-11-10-14-13(9-6-3)15-12(11)8-5-2/h10H,4-9H2,1-3H3. The zero-order valence-corrected chi connectivity index (χ0v) is 10.2. The largest absolute Gasteiger partial charge is 0.241 e. The lowest BCUT2D eigenvalue weighted by Gasteiger charge is -2.08. The molecule has 0 N–H and O–H groups in total. The molecule has 0 fully saturated rings. The molecule has 0 bridgehead atoms. The fraction of sp³-hybridized carbons (Fsp3) is 0.692. The summed E-state index contributed by atoms with van der Waals surface area (Å²) in [5, 5.41) is 0. The normalized spacial score (nSPS) is 10.6. The van der Waals surface area contributed by atoms with Crippen LogP contribution in [0.15, 0.2) is 6.20 Å². The fourth-order valence-electron chi connectivity index (χ4n) is 1.76. The highest BCUT2D eigenvalue weighted by Gasteiger charge is 2.05. The second-order valence-corrected chi connectivity index (χ2v) is 4.01. The van der Waals surface area contributed by atoms with E-state index in [0.717, 1.165) is 31.5 Å². The van der Waals surface area contributed by atoms with Gasteiger partial charge in [-0.15, -0.1) is 0 Å². The maximum atomic E-state index is 4.66. The Morgan fingerprint density at radius 3 is 2.20 bits per heavy atom. The number of aryl methyl sites for hydroxylation is 3. The molecule has 1 aromatic heterocycles. The van der Waals surface area contributed by atoms with E-state index < -0.39 is 0 Å². The molecule has 84 valence electrons. The Labute approximate surface area is 93.2 Å². The van der Waals surface area contributed by atoms with Crippen molar-refractivity contribution >= 4 is 0 Å². The molecule has 1 rings (SSSR count). The third-order valence-electron chi connectivity index (χ3n) is 2.48. The quantitative estimate of drug-likeness (QED) is 0.713. The highest BCUT2D eigenvalue weighted by Crippen LogP contribution is 2.11. The van der Waals surface area contributed by atoms with Gasteiger partial charge in [0.1, 0.15) is 5.82 Å². The van der Waals surface area contributed by atoms with E-state index in [1.807, 2.05) is 6.20 Å². The zero-order valence-electron chi connectivity index (χ0n) is 10.2. The van der Waals surface area contributed by atoms with Gasteiger partial charge in [0.15, 0.2) is 0 Å². The highest BCUT2D eigenvalue weighted by atomic mass is 14.9. The minimum Gasteiger partial charge on any atom is -0.241 e. The summed E-state index contributed by atoms with van der Waals surface area (Å²) in [6.45, 7) is 6.58. The SMILES string of the molecule is CCCc1ncc(CCC)c(CCC)n1. The van der Waals surface area contributed by atoms with Gasteiger partial charge in [-0.2, -0.15) is 0 Å². The molecule has 0 aliphatic carbocycles. The molecule has 0 aliphatic heterocycles. The maximum absolute atomic E-state index is 4.66. The van der Waals surface area contributed by atoms with E-state index in [1.54, 1.807) is 0 Å². The van der Waals surface area contributed by atoms with Crippen LogP contribution >= 0.6 is 0 Å². The summed E-state index contributed by atoms with van der Waals surface area (Å²) in [6, 6.07) is 0. The molecular weight excluding hydrogens is 184 g/mol. The Bertz CT molecular complexity index is 295. The predicted octanol–water partition coefficient (Wildman–Crippen LogP) is 3.33. The summed E-state index contributed by atoms with van der Waals surface area (Å²) in [7, 11) is 0. The smallest absolute Gasteiger partial charge is 0.128 e. The van der Waals surface area contributed by atoms with Crippen LogP contribution in [0, 0.1) is 0 Å². The number of nitrogens with zero attached hydrogens (tertiary/aromatic N) is 2. The minimum absolute atomic E-state index is 1.00. The lowest BCUT2D eigenvalue weighted by Crippen LogP contribution is -2.04. The second kappa shape index (κ2) is 6.54. The number of hydrogen-bond donors (Lipinski definition) is 0. The topological polar surface area (TPSA) is 25.8 Å². The molecule has 2 heteroatoms. The summed E-state index contributed by atoms with van der Waals surface area (Å²) in [5.74, 6) is 1.01. The third-order valence-corrected chi connectivity index (χ3v) is 2.48. The van der Waals surface area contributed by atoms with Crippen LogP contribution in [0.3, 0.4) is 0 Å². The van der Waals surface area contributed by atoms with Crippen molar-refractivity contribution in [2.75, 3.05) is 0 Å². The molecule has 15 heavy (non-hydrogen) atoms. The molecule has 1 heterocycles. The van der Waals surface area contributed by atoms with Gasteiger partial charge in [-0.05, 0) is 24.8 Å². The van der Waals surface area contributed by atoms with Gasteiger partial charge in [-0.3, -0.25) is 0 Å². The number of rotatable bonds is 6. The molecule has 0 atom stereocenters. The van der Waals surface area contributed by atoms with Gasteiger partial charge in [0.2, 0.25) is 0 Å². The Morgan fingerprint density at radius 2 is 1.60 bits per heavy atom. The summed E-state index contributed by atoms with van der Waals surface area (Å²) < 4.78 is 0.